The molecule has 0 unspecified atom stereocenters. The van der Waals surface area contributed by atoms with E-state index in [1.165, 1.54) is 11.2 Å². The lowest BCUT2D eigenvalue weighted by Gasteiger charge is -2.01. The smallest absolute Gasteiger partial charge is 0.298 e. The molecule has 0 bridgehead atoms. The average Bonchev–Trinajstić information content (AvgIpc) is 3.19. The first-order valence-electron chi connectivity index (χ1n) is 5.88. The minimum atomic E-state index is 0.260. The maximum Gasteiger partial charge on any atom is 0.298 e. The van der Waals surface area contributed by atoms with Gasteiger partial charge in [0.2, 0.25) is 5.76 Å². The number of rotatable bonds is 3. The Morgan fingerprint density at radius 1 is 1.05 bits per heavy atom. The zero-order chi connectivity index (χ0) is 13.4. The van der Waals surface area contributed by atoms with Crippen molar-refractivity contribution in [1.82, 2.24) is 20.1 Å². The van der Waals surface area contributed by atoms with E-state index in [4.69, 9.17) is 13.7 Å². The van der Waals surface area contributed by atoms with Crippen LogP contribution in [0.4, 0.5) is 0 Å². The van der Waals surface area contributed by atoms with Crippen molar-refractivity contribution in [3.63, 3.8) is 0 Å². The number of oxazole rings is 1. The van der Waals surface area contributed by atoms with Crippen LogP contribution in [-0.2, 0) is 0 Å². The Kier molecular flexibility index (Phi) is 2.28. The molecule has 98 valence electrons. The summed E-state index contributed by atoms with van der Waals surface area (Å²) in [6, 6.07) is 11.0. The van der Waals surface area contributed by atoms with Crippen molar-refractivity contribution in [2.75, 3.05) is 0 Å². The Balaban J connectivity index is 1.75. The van der Waals surface area contributed by atoms with E-state index < -0.39 is 0 Å². The van der Waals surface area contributed by atoms with Crippen LogP contribution in [0.3, 0.4) is 0 Å². The van der Waals surface area contributed by atoms with Gasteiger partial charge in [0.1, 0.15) is 11.0 Å². The van der Waals surface area contributed by atoms with Gasteiger partial charge in [-0.2, -0.15) is 4.98 Å². The van der Waals surface area contributed by atoms with Gasteiger partial charge in [-0.15, -0.1) is 5.10 Å². The van der Waals surface area contributed by atoms with E-state index in [1.54, 1.807) is 18.4 Å². The molecule has 0 spiro atoms. The molecule has 4 rings (SSSR count). The SMILES string of the molecule is c1coc(-c2ocnc2On2nnc3ccccc32)c1. The van der Waals surface area contributed by atoms with E-state index in [0.717, 1.165) is 11.0 Å². The highest BCUT2D eigenvalue weighted by atomic mass is 16.7. The molecular weight excluding hydrogens is 260 g/mol. The minimum absolute atomic E-state index is 0.260. The summed E-state index contributed by atoms with van der Waals surface area (Å²) in [5.41, 5.74) is 1.47. The standard InChI is InChI=1S/C13H8N4O3/c1-2-5-10-9(4-1)15-16-17(10)20-13-12(19-8-14-13)11-6-3-7-18-11/h1-8H. The van der Waals surface area contributed by atoms with Crippen LogP contribution < -0.4 is 4.84 Å². The Bertz CT molecular complexity index is 847. The minimum Gasteiger partial charge on any atom is -0.461 e. The molecule has 0 saturated carbocycles. The third-order valence-corrected chi connectivity index (χ3v) is 2.77. The summed E-state index contributed by atoms with van der Waals surface area (Å²) in [6.07, 6.45) is 2.83. The van der Waals surface area contributed by atoms with Gasteiger partial charge in [0, 0.05) is 0 Å². The zero-order valence-corrected chi connectivity index (χ0v) is 10.1. The van der Waals surface area contributed by atoms with Gasteiger partial charge in [-0.1, -0.05) is 17.0 Å². The quantitative estimate of drug-likeness (QED) is 0.568. The van der Waals surface area contributed by atoms with Crippen LogP contribution >= 0.6 is 0 Å². The highest BCUT2D eigenvalue weighted by Crippen LogP contribution is 2.29. The molecule has 0 aliphatic rings. The fraction of sp³-hybridized carbons (Fsp3) is 0. The maximum atomic E-state index is 5.60. The van der Waals surface area contributed by atoms with Crippen LogP contribution in [0.25, 0.3) is 22.6 Å². The lowest BCUT2D eigenvalue weighted by molar-refractivity contribution is 0.176. The molecular formula is C13H8N4O3. The van der Waals surface area contributed by atoms with E-state index in [0.29, 0.717) is 11.5 Å². The fourth-order valence-electron chi connectivity index (χ4n) is 1.87. The Labute approximate surface area is 112 Å². The van der Waals surface area contributed by atoms with E-state index in [-0.39, 0.29) is 5.88 Å². The molecule has 7 nitrogen and oxygen atoms in total. The zero-order valence-electron chi connectivity index (χ0n) is 10.1. The number of aromatic nitrogens is 4. The summed E-state index contributed by atoms with van der Waals surface area (Å²) in [4.78, 5) is 10.9. The van der Waals surface area contributed by atoms with Crippen molar-refractivity contribution in [3.05, 3.63) is 49.1 Å². The first kappa shape index (κ1) is 10.8. The van der Waals surface area contributed by atoms with Crippen LogP contribution in [0.2, 0.25) is 0 Å². The number of para-hydroxylation sites is 1. The molecule has 1 aromatic carbocycles. The molecule has 0 amide bonds. The fourth-order valence-corrected chi connectivity index (χ4v) is 1.87. The van der Waals surface area contributed by atoms with Crippen molar-refractivity contribution in [1.29, 1.82) is 0 Å². The van der Waals surface area contributed by atoms with Crippen LogP contribution in [0.5, 0.6) is 5.88 Å². The topological polar surface area (TPSA) is 79.1 Å². The summed E-state index contributed by atoms with van der Waals surface area (Å²) in [6.45, 7) is 0. The molecule has 3 aromatic heterocycles. The molecule has 4 aromatic rings. The molecule has 0 aliphatic heterocycles. The van der Waals surface area contributed by atoms with E-state index in [2.05, 4.69) is 15.3 Å². The first-order valence-corrected chi connectivity index (χ1v) is 5.88. The second-order valence-electron chi connectivity index (χ2n) is 4.01. The average molecular weight is 268 g/mol. The summed E-state index contributed by atoms with van der Waals surface area (Å²) in [7, 11) is 0. The summed E-state index contributed by atoms with van der Waals surface area (Å²) in [5.74, 6) is 1.19. The summed E-state index contributed by atoms with van der Waals surface area (Å²) in [5, 5.41) is 7.92. The number of benzene rings is 1. The molecule has 20 heavy (non-hydrogen) atoms. The van der Waals surface area contributed by atoms with Crippen LogP contribution in [0.1, 0.15) is 0 Å². The van der Waals surface area contributed by atoms with Gasteiger partial charge in [-0.05, 0) is 29.5 Å². The van der Waals surface area contributed by atoms with Gasteiger partial charge in [0.15, 0.2) is 12.2 Å². The molecule has 0 fully saturated rings. The van der Waals surface area contributed by atoms with Crippen molar-refractivity contribution in [2.24, 2.45) is 0 Å². The van der Waals surface area contributed by atoms with Crippen LogP contribution in [-0.4, -0.2) is 20.1 Å². The lowest BCUT2D eigenvalue weighted by Crippen LogP contribution is -2.07. The molecule has 0 saturated heterocycles. The van der Waals surface area contributed by atoms with Crippen LogP contribution in [0, 0.1) is 0 Å². The largest absolute Gasteiger partial charge is 0.461 e. The number of fused-ring (bicyclic) bond motifs is 1. The molecule has 0 N–H and O–H groups in total. The number of hydrogen-bond acceptors (Lipinski definition) is 6. The van der Waals surface area contributed by atoms with Crippen molar-refractivity contribution in [3.8, 4) is 17.4 Å². The highest BCUT2D eigenvalue weighted by Gasteiger charge is 2.17. The van der Waals surface area contributed by atoms with Gasteiger partial charge < -0.3 is 13.7 Å². The third-order valence-electron chi connectivity index (χ3n) is 2.77. The van der Waals surface area contributed by atoms with Gasteiger partial charge in [0.05, 0.1) is 6.26 Å². The monoisotopic (exact) mass is 268 g/mol. The van der Waals surface area contributed by atoms with Gasteiger partial charge in [0.25, 0.3) is 5.88 Å². The van der Waals surface area contributed by atoms with E-state index in [1.807, 2.05) is 24.3 Å². The second kappa shape index (κ2) is 4.23. The van der Waals surface area contributed by atoms with Crippen molar-refractivity contribution < 1.29 is 13.7 Å². The first-order chi connectivity index (χ1) is 9.92. The predicted octanol–water partition coefficient (Wildman–Crippen LogP) is 2.52. The summed E-state index contributed by atoms with van der Waals surface area (Å²) < 4.78 is 10.5. The molecule has 7 heteroatoms. The summed E-state index contributed by atoms with van der Waals surface area (Å²) >= 11 is 0. The Morgan fingerprint density at radius 2 is 2.00 bits per heavy atom. The Hall–Kier alpha value is -3.09. The second-order valence-corrected chi connectivity index (χ2v) is 4.01. The number of furan rings is 1. The Morgan fingerprint density at radius 3 is 2.90 bits per heavy atom. The predicted molar refractivity (Wildman–Crippen MR) is 67.8 cm³/mol. The van der Waals surface area contributed by atoms with Gasteiger partial charge in [-0.25, -0.2) is 0 Å². The normalized spacial score (nSPS) is 11.0. The van der Waals surface area contributed by atoms with E-state index in [9.17, 15) is 0 Å². The molecule has 0 radical (unpaired) electrons. The number of nitrogens with zero attached hydrogens (tertiary/aromatic N) is 4. The maximum absolute atomic E-state index is 5.60. The van der Waals surface area contributed by atoms with Crippen molar-refractivity contribution >= 4 is 11.0 Å². The molecule has 0 atom stereocenters. The van der Waals surface area contributed by atoms with Gasteiger partial charge >= 0.3 is 0 Å². The molecule has 3 heterocycles. The van der Waals surface area contributed by atoms with Crippen molar-refractivity contribution in [2.45, 2.75) is 0 Å². The van der Waals surface area contributed by atoms with Crippen LogP contribution in [0.15, 0.2) is 57.9 Å². The molecule has 0 aliphatic carbocycles. The third kappa shape index (κ3) is 1.64. The van der Waals surface area contributed by atoms with Gasteiger partial charge in [-0.3, -0.25) is 0 Å². The lowest BCUT2D eigenvalue weighted by atomic mass is 10.3. The number of hydrogen-bond donors (Lipinski definition) is 0. The van der Waals surface area contributed by atoms with E-state index >= 15 is 0 Å². The highest BCUT2D eigenvalue weighted by molar-refractivity contribution is 5.73.